The molecule has 4 nitrogen and oxygen atoms in total. The topological polar surface area (TPSA) is 44.5 Å². The monoisotopic (exact) mass is 129 g/mol. The number of rotatable bonds is 2. The lowest BCUT2D eigenvalue weighted by atomic mass is 10.7. The van der Waals surface area contributed by atoms with Gasteiger partial charge in [0, 0.05) is 0 Å². The van der Waals surface area contributed by atoms with Gasteiger partial charge in [0.15, 0.2) is 0 Å². The van der Waals surface area contributed by atoms with Crippen molar-refractivity contribution in [2.45, 2.75) is 0 Å². The van der Waals surface area contributed by atoms with Crippen LogP contribution in [0.1, 0.15) is 0 Å². The van der Waals surface area contributed by atoms with Crippen molar-refractivity contribution < 1.29 is 14.0 Å². The zero-order valence-corrected chi connectivity index (χ0v) is 5.25. The number of nitrogens with zero attached hydrogens (tertiary/aromatic N) is 1. The Labute approximate surface area is 52.4 Å². The van der Waals surface area contributed by atoms with Crippen LogP contribution in [0.4, 0.5) is 0 Å². The van der Waals surface area contributed by atoms with Crippen molar-refractivity contribution in [1.82, 2.24) is 5.16 Å². The van der Waals surface area contributed by atoms with Crippen LogP contribution in [0.5, 0.6) is 11.8 Å². The van der Waals surface area contributed by atoms with Gasteiger partial charge in [-0.25, -0.2) is 0 Å². The van der Waals surface area contributed by atoms with Crippen LogP contribution < -0.4 is 9.47 Å². The van der Waals surface area contributed by atoms with Crippen molar-refractivity contribution in [2.75, 3.05) is 14.2 Å². The Hall–Kier alpha value is -1.19. The Morgan fingerprint density at radius 3 is 2.56 bits per heavy atom. The molecule has 0 N–H and O–H groups in total. The fourth-order valence-electron chi connectivity index (χ4n) is 0.436. The predicted molar refractivity (Wildman–Crippen MR) is 29.6 cm³/mol. The van der Waals surface area contributed by atoms with Crippen molar-refractivity contribution in [3.05, 3.63) is 6.07 Å². The van der Waals surface area contributed by atoms with Crippen molar-refractivity contribution >= 4 is 0 Å². The second-order valence-electron chi connectivity index (χ2n) is 1.39. The molecular weight excluding hydrogens is 122 g/mol. The van der Waals surface area contributed by atoms with E-state index in [1.165, 1.54) is 14.2 Å². The molecule has 0 aromatic carbocycles. The smallest absolute Gasteiger partial charge is 0.314 e. The van der Waals surface area contributed by atoms with Crippen molar-refractivity contribution in [1.29, 1.82) is 0 Å². The van der Waals surface area contributed by atoms with Crippen molar-refractivity contribution in [2.24, 2.45) is 0 Å². The van der Waals surface area contributed by atoms with Crippen LogP contribution in [0.25, 0.3) is 0 Å². The summed E-state index contributed by atoms with van der Waals surface area (Å²) < 4.78 is 14.0. The average molecular weight is 129 g/mol. The molecule has 4 heteroatoms. The minimum atomic E-state index is 0.354. The van der Waals surface area contributed by atoms with Crippen LogP contribution in [0, 0.1) is 0 Å². The van der Waals surface area contributed by atoms with Gasteiger partial charge in [0.25, 0.3) is 5.88 Å². The van der Waals surface area contributed by atoms with Gasteiger partial charge in [0.2, 0.25) is 0 Å². The predicted octanol–water partition coefficient (Wildman–Crippen LogP) is 0.692. The van der Waals surface area contributed by atoms with Crippen molar-refractivity contribution in [3.63, 3.8) is 0 Å². The van der Waals surface area contributed by atoms with Crippen LogP contribution in [-0.2, 0) is 0 Å². The van der Waals surface area contributed by atoms with E-state index >= 15 is 0 Å². The summed E-state index contributed by atoms with van der Waals surface area (Å²) in [4.78, 5) is 0. The van der Waals surface area contributed by atoms with Crippen LogP contribution >= 0.6 is 0 Å². The van der Waals surface area contributed by atoms with Gasteiger partial charge in [0.1, 0.15) is 0 Å². The lowest BCUT2D eigenvalue weighted by molar-refractivity contribution is 0.252. The summed E-state index contributed by atoms with van der Waals surface area (Å²) in [6.45, 7) is 0. The first-order valence-electron chi connectivity index (χ1n) is 2.41. The Morgan fingerprint density at radius 2 is 2.22 bits per heavy atom. The van der Waals surface area contributed by atoms with E-state index in [9.17, 15) is 0 Å². The molecule has 0 unspecified atom stereocenters. The number of hydrogen-bond acceptors (Lipinski definition) is 4. The fraction of sp³-hybridized carbons (Fsp3) is 0.400. The van der Waals surface area contributed by atoms with E-state index in [1.54, 1.807) is 6.07 Å². The second kappa shape index (κ2) is 2.39. The third kappa shape index (κ3) is 1.13. The standard InChI is InChI=1S/C5H7NO3/c1-7-4-3-5(8-2)9-6-4/h3H,1-2H3. The zero-order chi connectivity index (χ0) is 6.69. The fourth-order valence-corrected chi connectivity index (χ4v) is 0.436. The number of ether oxygens (including phenoxy) is 2. The Bertz CT molecular complexity index is 166. The molecule has 0 bridgehead atoms. The van der Waals surface area contributed by atoms with Gasteiger partial charge in [0.05, 0.1) is 20.3 Å². The van der Waals surface area contributed by atoms with E-state index in [0.717, 1.165) is 0 Å². The Balaban J connectivity index is 2.74. The van der Waals surface area contributed by atoms with Crippen LogP contribution in [-0.4, -0.2) is 19.4 Å². The minimum Gasteiger partial charge on any atom is -0.479 e. The molecule has 1 heterocycles. The van der Waals surface area contributed by atoms with Gasteiger partial charge < -0.3 is 14.0 Å². The van der Waals surface area contributed by atoms with E-state index in [4.69, 9.17) is 4.74 Å². The molecule has 9 heavy (non-hydrogen) atoms. The first-order chi connectivity index (χ1) is 4.36. The normalized spacial score (nSPS) is 9.11. The van der Waals surface area contributed by atoms with Crippen LogP contribution in [0.15, 0.2) is 10.6 Å². The van der Waals surface area contributed by atoms with Gasteiger partial charge >= 0.3 is 5.95 Å². The minimum absolute atomic E-state index is 0.354. The largest absolute Gasteiger partial charge is 0.479 e. The molecular formula is C5H7NO3. The van der Waals surface area contributed by atoms with Gasteiger partial charge in [-0.15, -0.1) is 0 Å². The maximum absolute atomic E-state index is 4.71. The molecule has 0 amide bonds. The third-order valence-corrected chi connectivity index (χ3v) is 0.877. The Kier molecular flexibility index (Phi) is 1.58. The van der Waals surface area contributed by atoms with Gasteiger partial charge in [-0.1, -0.05) is 0 Å². The molecule has 0 fully saturated rings. The summed E-state index contributed by atoms with van der Waals surface area (Å²) in [5.41, 5.74) is 0. The molecule has 0 aliphatic rings. The van der Waals surface area contributed by atoms with E-state index in [2.05, 4.69) is 14.4 Å². The average Bonchev–Trinajstić information content (AvgIpc) is 2.34. The first-order valence-corrected chi connectivity index (χ1v) is 2.41. The SMILES string of the molecule is COc1cc(OC)on1. The molecule has 0 atom stereocenters. The summed E-state index contributed by atoms with van der Waals surface area (Å²) in [6.07, 6.45) is 0. The van der Waals surface area contributed by atoms with Crippen LogP contribution in [0.3, 0.4) is 0 Å². The molecule has 0 radical (unpaired) electrons. The molecule has 1 rings (SSSR count). The molecule has 1 aromatic heterocycles. The highest BCUT2D eigenvalue weighted by Crippen LogP contribution is 2.16. The highest BCUT2D eigenvalue weighted by atomic mass is 16.6. The van der Waals surface area contributed by atoms with Gasteiger partial charge in [-0.2, -0.15) is 0 Å². The van der Waals surface area contributed by atoms with Gasteiger partial charge in [-0.05, 0) is 5.16 Å². The summed E-state index contributed by atoms with van der Waals surface area (Å²) >= 11 is 0. The van der Waals surface area contributed by atoms with Crippen molar-refractivity contribution in [3.8, 4) is 11.8 Å². The molecule has 0 spiro atoms. The number of hydrogen-bond donors (Lipinski definition) is 0. The second-order valence-corrected chi connectivity index (χ2v) is 1.39. The van der Waals surface area contributed by atoms with E-state index in [1.807, 2.05) is 0 Å². The molecule has 0 aliphatic heterocycles. The highest BCUT2D eigenvalue weighted by Gasteiger charge is 2.00. The summed E-state index contributed by atoms with van der Waals surface area (Å²) in [7, 11) is 3.01. The first kappa shape index (κ1) is 5.94. The van der Waals surface area contributed by atoms with E-state index in [0.29, 0.717) is 11.8 Å². The van der Waals surface area contributed by atoms with E-state index in [-0.39, 0.29) is 0 Å². The summed E-state index contributed by atoms with van der Waals surface area (Å²) in [5, 5.41) is 3.48. The van der Waals surface area contributed by atoms with Crippen LogP contribution in [0.2, 0.25) is 0 Å². The molecule has 50 valence electrons. The quantitative estimate of drug-likeness (QED) is 0.589. The lowest BCUT2D eigenvalue weighted by Gasteiger charge is -1.85. The maximum atomic E-state index is 4.71. The molecule has 1 aromatic rings. The third-order valence-electron chi connectivity index (χ3n) is 0.877. The Morgan fingerprint density at radius 1 is 1.44 bits per heavy atom. The molecule has 0 aliphatic carbocycles. The summed E-state index contributed by atoms with van der Waals surface area (Å²) in [5.74, 6) is 0.777. The lowest BCUT2D eigenvalue weighted by Crippen LogP contribution is -1.79. The molecule has 0 saturated heterocycles. The zero-order valence-electron chi connectivity index (χ0n) is 5.25. The van der Waals surface area contributed by atoms with Gasteiger partial charge in [-0.3, -0.25) is 0 Å². The maximum Gasteiger partial charge on any atom is 0.314 e. The summed E-state index contributed by atoms with van der Waals surface area (Å²) in [6, 6.07) is 1.56. The van der Waals surface area contributed by atoms with E-state index < -0.39 is 0 Å². The number of methoxy groups -OCH3 is 2. The highest BCUT2D eigenvalue weighted by molar-refractivity contribution is 5.14. The number of aromatic nitrogens is 1. The molecule has 0 saturated carbocycles.